The van der Waals surface area contributed by atoms with Gasteiger partial charge in [0.25, 0.3) is 0 Å². The lowest BCUT2D eigenvalue weighted by Crippen LogP contribution is -2.35. The molecule has 19 nitrogen and oxygen atoms in total. The number of methoxy groups -OCH3 is 1. The highest BCUT2D eigenvalue weighted by Crippen LogP contribution is 2.41. The number of amides is 1. The number of fused-ring (bicyclic) bond motifs is 5. The van der Waals surface area contributed by atoms with Gasteiger partial charge in [-0.2, -0.15) is 4.31 Å². The van der Waals surface area contributed by atoms with E-state index in [1.54, 1.807) is 42.3 Å². The maximum Gasteiger partial charge on any atom is 0.304 e. The van der Waals surface area contributed by atoms with Crippen molar-refractivity contribution in [3.05, 3.63) is 139 Å². The standard InChI is InChI=1S/C57H67N9O10S2/c1-34-11-15-41(16-12-34)54-53-37(4)38(5)77-57(53)66-39(6)60-62-56(66)47(59-54)31-51(67)58-19-21-74-23-25-75-24-22-73-20-9-10-40-14-18-50-48(26-40)76-36(3)32-65(78(50,70)71)33-44-27-42(17-13-35(44)2)45(30-52(68)69)43-28-46-55(49(29-43)72-8)64(7)63-61-46/h11-18,26-29,36,45,47H,9-10,19-25,30-33H2,1-8H3,(H,58,67)(H,68,69)/t36-,45+,47+/m1/s1. The van der Waals surface area contributed by atoms with Crippen LogP contribution in [0, 0.1) is 34.6 Å². The van der Waals surface area contributed by atoms with E-state index in [0.717, 1.165) is 61.0 Å². The minimum absolute atomic E-state index is 0.0648. The van der Waals surface area contributed by atoms with Gasteiger partial charge in [0.05, 0.1) is 65.2 Å². The lowest BCUT2D eigenvalue weighted by molar-refractivity contribution is -0.137. The van der Waals surface area contributed by atoms with Crippen molar-refractivity contribution in [2.75, 3.05) is 59.8 Å². The van der Waals surface area contributed by atoms with E-state index in [2.05, 4.69) is 70.9 Å². The van der Waals surface area contributed by atoms with Gasteiger partial charge in [-0.15, -0.1) is 26.6 Å². The second-order valence-corrected chi connectivity index (χ2v) is 23.0. The number of nitrogens with zero attached hydrogens (tertiary/aromatic N) is 8. The molecule has 1 amide bonds. The number of carbonyl (C=O) groups is 2. The number of aliphatic imine (C=N–C) groups is 1. The van der Waals surface area contributed by atoms with Crippen LogP contribution in [0.2, 0.25) is 0 Å². The summed E-state index contributed by atoms with van der Waals surface area (Å²) in [7, 11) is -0.686. The Bertz CT molecular complexity index is 3460. The van der Waals surface area contributed by atoms with E-state index in [0.29, 0.717) is 92.9 Å². The number of thiophene rings is 1. The molecule has 3 atom stereocenters. The van der Waals surface area contributed by atoms with Crippen LogP contribution in [0.15, 0.2) is 82.7 Å². The van der Waals surface area contributed by atoms with Gasteiger partial charge in [0, 0.05) is 48.7 Å². The molecule has 4 aromatic carbocycles. The molecule has 5 heterocycles. The molecule has 0 saturated heterocycles. The van der Waals surface area contributed by atoms with Gasteiger partial charge in [0.1, 0.15) is 50.4 Å². The third kappa shape index (κ3) is 12.4. The molecule has 0 unspecified atom stereocenters. The Kier molecular flexibility index (Phi) is 17.5. The van der Waals surface area contributed by atoms with E-state index < -0.39 is 34.1 Å². The monoisotopic (exact) mass is 1100 g/mol. The fraction of sp³-hybridized carbons (Fsp3) is 0.421. The number of hydrogen-bond acceptors (Lipinski definition) is 15. The zero-order chi connectivity index (χ0) is 55.3. The van der Waals surface area contributed by atoms with Crippen molar-refractivity contribution in [3.63, 3.8) is 0 Å². The molecule has 3 aromatic heterocycles. The first-order valence-corrected chi connectivity index (χ1v) is 28.4. The number of carboxylic acids is 1. The van der Waals surface area contributed by atoms with Crippen LogP contribution >= 0.6 is 11.3 Å². The zero-order valence-corrected chi connectivity index (χ0v) is 47.0. The average Bonchev–Trinajstić information content (AvgIpc) is 4.11. The first-order chi connectivity index (χ1) is 37.5. The van der Waals surface area contributed by atoms with Crippen LogP contribution in [0.1, 0.15) is 105 Å². The number of hydrogen-bond donors (Lipinski definition) is 2. The molecular formula is C57H67N9O10S2. The number of sulfonamides is 1. The second-order valence-electron chi connectivity index (χ2n) is 19.9. The summed E-state index contributed by atoms with van der Waals surface area (Å²) in [6, 6.07) is 22.3. The number of nitrogens with one attached hydrogen (secondary N) is 1. The molecule has 2 aliphatic rings. The highest BCUT2D eigenvalue weighted by molar-refractivity contribution is 7.89. The van der Waals surface area contributed by atoms with E-state index in [1.807, 2.05) is 61.7 Å². The average molecular weight is 1100 g/mol. The summed E-state index contributed by atoms with van der Waals surface area (Å²) in [5, 5.41) is 31.3. The molecule has 0 aliphatic carbocycles. The Balaban J connectivity index is 0.703. The van der Waals surface area contributed by atoms with Gasteiger partial charge in [-0.05, 0) is 112 Å². The van der Waals surface area contributed by atoms with Gasteiger partial charge in [0.15, 0.2) is 5.82 Å². The summed E-state index contributed by atoms with van der Waals surface area (Å²) in [4.78, 5) is 32.1. The number of benzene rings is 4. The quantitative estimate of drug-likeness (QED) is 0.0583. The van der Waals surface area contributed by atoms with Gasteiger partial charge < -0.3 is 34.1 Å². The summed E-state index contributed by atoms with van der Waals surface area (Å²) in [5.41, 5.74) is 10.4. The van der Waals surface area contributed by atoms with Gasteiger partial charge in [-0.1, -0.05) is 59.3 Å². The number of aryl methyl sites for hydroxylation is 6. The molecule has 9 rings (SSSR count). The number of ether oxygens (including phenoxy) is 5. The molecule has 2 aliphatic heterocycles. The van der Waals surface area contributed by atoms with Crippen LogP contribution in [0.4, 0.5) is 0 Å². The Labute approximate surface area is 458 Å². The fourth-order valence-electron chi connectivity index (χ4n) is 10.0. The highest BCUT2D eigenvalue weighted by Gasteiger charge is 2.35. The Morgan fingerprint density at radius 1 is 0.885 bits per heavy atom. The van der Waals surface area contributed by atoms with Crippen molar-refractivity contribution in [3.8, 4) is 16.5 Å². The van der Waals surface area contributed by atoms with Crippen LogP contribution in [-0.2, 0) is 53.8 Å². The molecule has 78 heavy (non-hydrogen) atoms. The molecule has 0 radical (unpaired) electrons. The van der Waals surface area contributed by atoms with Crippen molar-refractivity contribution < 1.29 is 46.8 Å². The summed E-state index contributed by atoms with van der Waals surface area (Å²) in [6.07, 6.45) is 0.810. The lowest BCUT2D eigenvalue weighted by Gasteiger charge is -2.24. The lowest BCUT2D eigenvalue weighted by atomic mass is 9.86. The third-order valence-corrected chi connectivity index (χ3v) is 17.3. The second kappa shape index (κ2) is 24.4. The summed E-state index contributed by atoms with van der Waals surface area (Å²) in [5.74, 6) is 0.506. The molecule has 0 bridgehead atoms. The van der Waals surface area contributed by atoms with Gasteiger partial charge in [0.2, 0.25) is 15.9 Å². The molecule has 21 heteroatoms. The number of rotatable bonds is 23. The Hall–Kier alpha value is -6.88. The van der Waals surface area contributed by atoms with E-state index in [-0.39, 0.29) is 36.7 Å². The van der Waals surface area contributed by atoms with E-state index >= 15 is 0 Å². The Morgan fingerprint density at radius 2 is 1.63 bits per heavy atom. The van der Waals surface area contributed by atoms with Crippen molar-refractivity contribution in [1.29, 1.82) is 0 Å². The number of aromatic nitrogens is 6. The van der Waals surface area contributed by atoms with Gasteiger partial charge in [-0.3, -0.25) is 19.1 Å². The summed E-state index contributed by atoms with van der Waals surface area (Å²) >= 11 is 1.69. The van der Waals surface area contributed by atoms with Crippen LogP contribution in [-0.4, -0.2) is 131 Å². The summed E-state index contributed by atoms with van der Waals surface area (Å²) in [6.45, 7) is 14.8. The third-order valence-electron chi connectivity index (χ3n) is 14.2. The molecule has 0 saturated carbocycles. The fourth-order valence-corrected chi connectivity index (χ4v) is 12.8. The number of carbonyl (C=O) groups excluding carboxylic acids is 1. The van der Waals surface area contributed by atoms with Crippen molar-refractivity contribution in [1.82, 2.24) is 39.4 Å². The minimum atomic E-state index is -3.99. The first kappa shape index (κ1) is 55.9. The molecule has 412 valence electrons. The zero-order valence-electron chi connectivity index (χ0n) is 45.4. The number of aliphatic carboxylic acids is 1. The molecule has 2 N–H and O–H groups in total. The molecule has 0 spiro atoms. The molecular weight excluding hydrogens is 1030 g/mol. The predicted octanol–water partition coefficient (Wildman–Crippen LogP) is 7.82. The molecule has 0 fully saturated rings. The van der Waals surface area contributed by atoms with Crippen molar-refractivity contribution in [2.24, 2.45) is 12.0 Å². The maximum atomic E-state index is 14.3. The van der Waals surface area contributed by atoms with Crippen LogP contribution in [0.3, 0.4) is 0 Å². The maximum absolute atomic E-state index is 14.3. The van der Waals surface area contributed by atoms with Crippen LogP contribution in [0.5, 0.6) is 11.5 Å². The normalized spacial score (nSPS) is 16.3. The first-order valence-electron chi connectivity index (χ1n) is 26.2. The van der Waals surface area contributed by atoms with Crippen molar-refractivity contribution in [2.45, 2.75) is 96.7 Å². The topological polar surface area (TPSA) is 224 Å². The molecule has 7 aromatic rings. The van der Waals surface area contributed by atoms with E-state index in [9.17, 15) is 23.1 Å². The number of carboxylic acid groups (broad SMARTS) is 1. The van der Waals surface area contributed by atoms with Crippen LogP contribution < -0.4 is 14.8 Å². The van der Waals surface area contributed by atoms with E-state index in [1.165, 1.54) is 9.18 Å². The van der Waals surface area contributed by atoms with Crippen molar-refractivity contribution >= 4 is 50.0 Å². The largest absolute Gasteiger partial charge is 0.494 e. The summed E-state index contributed by atoms with van der Waals surface area (Å²) < 4.78 is 63.0. The Morgan fingerprint density at radius 3 is 2.37 bits per heavy atom. The smallest absolute Gasteiger partial charge is 0.304 e. The minimum Gasteiger partial charge on any atom is -0.494 e. The predicted molar refractivity (Wildman–Crippen MR) is 296 cm³/mol. The van der Waals surface area contributed by atoms with Crippen LogP contribution in [0.25, 0.3) is 16.0 Å². The SMILES string of the molecule is COc1cc([C@@H](CC(=O)O)c2ccc(C)c(CN3C[C@@H](C)Oc4cc(CCCOCCOCCOCCNC(=O)C[C@@H]5N=C(c6ccc(C)cc6)c6c(sc(C)c6C)-n6c(C)nnc65)ccc4S3(=O)=O)c2)cc2nnn(C)c12. The van der Waals surface area contributed by atoms with Gasteiger partial charge >= 0.3 is 5.97 Å². The van der Waals surface area contributed by atoms with Gasteiger partial charge in [-0.25, -0.2) is 13.1 Å². The van der Waals surface area contributed by atoms with E-state index in [4.69, 9.17) is 28.7 Å². The highest BCUT2D eigenvalue weighted by atomic mass is 32.2.